The number of esters is 1. The highest BCUT2D eigenvalue weighted by Crippen LogP contribution is 2.19. The van der Waals surface area contributed by atoms with Crippen molar-refractivity contribution < 1.29 is 29.3 Å². The Labute approximate surface area is 154 Å². The van der Waals surface area contributed by atoms with E-state index in [9.17, 15) is 9.59 Å². The minimum atomic E-state index is -1.22. The Balaban J connectivity index is 0.00000110. The van der Waals surface area contributed by atoms with Crippen LogP contribution in [0.5, 0.6) is 0 Å². The molecule has 0 unspecified atom stereocenters. The largest absolute Gasteiger partial charge is 0.478 e. The zero-order valence-corrected chi connectivity index (χ0v) is 15.1. The molecular weight excluding hydrogens is 366 g/mol. The number of amides is 1. The second kappa shape index (κ2) is 10.0. The van der Waals surface area contributed by atoms with Gasteiger partial charge in [-0.25, -0.2) is 20.2 Å². The van der Waals surface area contributed by atoms with Gasteiger partial charge in [-0.05, 0) is 51.2 Å². The van der Waals surface area contributed by atoms with Crippen LogP contribution in [0.3, 0.4) is 0 Å². The van der Waals surface area contributed by atoms with Gasteiger partial charge in [-0.1, -0.05) is 0 Å². The van der Waals surface area contributed by atoms with E-state index in [0.29, 0.717) is 5.69 Å². The van der Waals surface area contributed by atoms with E-state index in [2.05, 4.69) is 28.9 Å². The Hall–Kier alpha value is -3.12. The van der Waals surface area contributed by atoms with Crippen molar-refractivity contribution in [2.75, 3.05) is 5.43 Å². The number of carboxylic acid groups (broad SMARTS) is 2. The van der Waals surface area contributed by atoms with Gasteiger partial charge >= 0.3 is 18.0 Å². The third-order valence-corrected chi connectivity index (χ3v) is 2.42. The minimum absolute atomic E-state index is 0.0103. The lowest BCUT2D eigenvalue weighted by Crippen LogP contribution is -2.34. The van der Waals surface area contributed by atoms with E-state index < -0.39 is 23.6 Å². The average molecular weight is 387 g/mol. The summed E-state index contributed by atoms with van der Waals surface area (Å²) in [5.41, 5.74) is 11.3. The van der Waals surface area contributed by atoms with E-state index in [4.69, 9.17) is 25.5 Å². The van der Waals surface area contributed by atoms with E-state index >= 15 is 0 Å². The van der Waals surface area contributed by atoms with Crippen LogP contribution in [0, 0.1) is 0 Å². The molecule has 0 aliphatic carbocycles. The second-order valence-electron chi connectivity index (χ2n) is 5.63. The molecular formula is C14H21N5O6S. The van der Waals surface area contributed by atoms with Crippen molar-refractivity contribution in [3.05, 3.63) is 29.3 Å². The Morgan fingerprint density at radius 1 is 1.15 bits per heavy atom. The van der Waals surface area contributed by atoms with E-state index in [1.54, 1.807) is 20.8 Å². The van der Waals surface area contributed by atoms with Crippen LogP contribution in [-0.2, 0) is 4.74 Å². The van der Waals surface area contributed by atoms with Gasteiger partial charge in [0.15, 0.2) is 5.11 Å². The highest BCUT2D eigenvalue weighted by atomic mass is 32.1. The summed E-state index contributed by atoms with van der Waals surface area (Å²) in [4.78, 5) is 32.4. The van der Waals surface area contributed by atoms with Gasteiger partial charge < -0.3 is 20.7 Å². The minimum Gasteiger partial charge on any atom is -0.478 e. The normalized spacial score (nSPS) is 9.85. The lowest BCUT2D eigenvalue weighted by molar-refractivity contribution is 0.00658. The number of hydrogen-bond acceptors (Lipinski definition) is 7. The Bertz CT molecular complexity index is 689. The van der Waals surface area contributed by atoms with Crippen molar-refractivity contribution in [2.24, 2.45) is 11.6 Å². The lowest BCUT2D eigenvalue weighted by atomic mass is 10.1. The molecule has 144 valence electrons. The van der Waals surface area contributed by atoms with Gasteiger partial charge in [-0.15, -0.1) is 0 Å². The number of ether oxygens (including phenoxy) is 1. The molecule has 0 bridgehead atoms. The fraction of sp³-hybridized carbons (Fsp3) is 0.286. The zero-order valence-electron chi connectivity index (χ0n) is 14.3. The average Bonchev–Trinajstić information content (AvgIpc) is 2.51. The SMILES string of the molecule is CC(C)(C)OC(=O)c1cc(NNC(N)=S)ccc1C(=O)O.NNC(=O)O. The molecule has 0 atom stereocenters. The van der Waals surface area contributed by atoms with Crippen molar-refractivity contribution in [1.82, 2.24) is 10.9 Å². The van der Waals surface area contributed by atoms with Crippen molar-refractivity contribution in [3.8, 4) is 0 Å². The Kier molecular flexibility index (Phi) is 8.80. The summed E-state index contributed by atoms with van der Waals surface area (Å²) in [5, 5.41) is 16.6. The summed E-state index contributed by atoms with van der Waals surface area (Å²) in [6, 6.07) is 4.12. The molecule has 0 heterocycles. The maximum atomic E-state index is 12.1. The highest BCUT2D eigenvalue weighted by Gasteiger charge is 2.23. The first-order valence-electron chi connectivity index (χ1n) is 6.99. The smallest absolute Gasteiger partial charge is 0.418 e. The van der Waals surface area contributed by atoms with E-state index in [-0.39, 0.29) is 16.2 Å². The first kappa shape index (κ1) is 22.9. The number of carbonyl (C=O) groups is 3. The molecule has 9 N–H and O–H groups in total. The van der Waals surface area contributed by atoms with Crippen LogP contribution in [0.1, 0.15) is 41.5 Å². The standard InChI is InChI=1S/C13H17N3O4S.CH4N2O2/c1-13(2,3)20-11(19)9-6-7(15-16-12(14)21)4-5-8(9)10(17)18;2-3-1(4)5/h4-6,15H,1-3H3,(H,17,18)(H3,14,16,21);3H,2H2,(H,4,5). The quantitative estimate of drug-likeness (QED) is 0.126. The number of thiocarbonyl (C=S) groups is 1. The van der Waals surface area contributed by atoms with Crippen LogP contribution >= 0.6 is 12.2 Å². The highest BCUT2D eigenvalue weighted by molar-refractivity contribution is 7.80. The summed E-state index contributed by atoms with van der Waals surface area (Å²) < 4.78 is 5.19. The maximum absolute atomic E-state index is 12.1. The van der Waals surface area contributed by atoms with Crippen LogP contribution in [0.25, 0.3) is 0 Å². The predicted octanol–water partition coefficient (Wildman–Crippen LogP) is 0.628. The second-order valence-corrected chi connectivity index (χ2v) is 6.07. The summed E-state index contributed by atoms with van der Waals surface area (Å²) in [6.45, 7) is 5.09. The lowest BCUT2D eigenvalue weighted by Gasteiger charge is -2.20. The molecule has 0 aliphatic rings. The fourth-order valence-corrected chi connectivity index (χ4v) is 1.50. The molecule has 26 heavy (non-hydrogen) atoms. The van der Waals surface area contributed by atoms with Gasteiger partial charge in [-0.2, -0.15) is 0 Å². The van der Waals surface area contributed by atoms with Crippen molar-refractivity contribution >= 4 is 41.0 Å². The maximum Gasteiger partial charge on any atom is 0.418 e. The molecule has 0 saturated heterocycles. The van der Waals surface area contributed by atoms with Gasteiger partial charge in [0.2, 0.25) is 0 Å². The number of anilines is 1. The van der Waals surface area contributed by atoms with Gasteiger partial charge in [0.25, 0.3) is 0 Å². The molecule has 0 aromatic heterocycles. The first-order chi connectivity index (χ1) is 11.9. The molecule has 1 aromatic carbocycles. The number of rotatable bonds is 4. The van der Waals surface area contributed by atoms with Crippen LogP contribution < -0.4 is 27.9 Å². The number of benzene rings is 1. The molecule has 11 nitrogen and oxygen atoms in total. The number of aromatic carboxylic acids is 1. The molecule has 0 radical (unpaired) electrons. The molecule has 0 fully saturated rings. The summed E-state index contributed by atoms with van der Waals surface area (Å²) in [7, 11) is 0. The zero-order chi connectivity index (χ0) is 20.5. The molecule has 1 amide bonds. The number of hydrazine groups is 2. The number of nitrogens with two attached hydrogens (primary N) is 2. The molecule has 1 rings (SSSR count). The summed E-state index contributed by atoms with van der Waals surface area (Å²) >= 11 is 4.64. The first-order valence-corrected chi connectivity index (χ1v) is 7.40. The van der Waals surface area contributed by atoms with E-state index in [1.807, 2.05) is 0 Å². The number of hydrogen-bond donors (Lipinski definition) is 7. The number of carboxylic acids is 1. The van der Waals surface area contributed by atoms with E-state index in [0.717, 1.165) is 0 Å². The van der Waals surface area contributed by atoms with Crippen molar-refractivity contribution in [2.45, 2.75) is 26.4 Å². The summed E-state index contributed by atoms with van der Waals surface area (Å²) in [5.74, 6) is 2.38. The Morgan fingerprint density at radius 3 is 2.08 bits per heavy atom. The monoisotopic (exact) mass is 387 g/mol. The topological polar surface area (TPSA) is 189 Å². The number of carbonyl (C=O) groups excluding carboxylic acids is 1. The molecule has 1 aromatic rings. The third kappa shape index (κ3) is 9.24. The molecule has 0 spiro atoms. The van der Waals surface area contributed by atoms with Crippen LogP contribution in [-0.4, -0.2) is 39.0 Å². The summed E-state index contributed by atoms with van der Waals surface area (Å²) in [6.07, 6.45) is -1.22. The molecule has 0 saturated carbocycles. The van der Waals surface area contributed by atoms with Crippen molar-refractivity contribution in [3.63, 3.8) is 0 Å². The van der Waals surface area contributed by atoms with E-state index in [1.165, 1.54) is 23.6 Å². The molecule has 0 aliphatic heterocycles. The number of nitrogens with one attached hydrogen (secondary N) is 3. The fourth-order valence-electron chi connectivity index (χ4n) is 1.44. The predicted molar refractivity (Wildman–Crippen MR) is 97.5 cm³/mol. The van der Waals surface area contributed by atoms with Gasteiger partial charge in [0.05, 0.1) is 16.8 Å². The van der Waals surface area contributed by atoms with Gasteiger partial charge in [0, 0.05) is 0 Å². The third-order valence-electron chi connectivity index (χ3n) is 2.32. The van der Waals surface area contributed by atoms with Crippen LogP contribution in [0.15, 0.2) is 18.2 Å². The van der Waals surface area contributed by atoms with Gasteiger partial charge in [0.1, 0.15) is 5.60 Å². The van der Waals surface area contributed by atoms with Crippen LogP contribution in [0.2, 0.25) is 0 Å². The molecule has 12 heteroatoms. The van der Waals surface area contributed by atoms with Crippen molar-refractivity contribution in [1.29, 1.82) is 0 Å². The Morgan fingerprint density at radius 2 is 1.69 bits per heavy atom. The van der Waals surface area contributed by atoms with Crippen LogP contribution in [0.4, 0.5) is 10.5 Å². The van der Waals surface area contributed by atoms with Gasteiger partial charge in [-0.3, -0.25) is 16.3 Å².